The van der Waals surface area contributed by atoms with Crippen LogP contribution in [0.5, 0.6) is 5.75 Å². The molecule has 9 atom stereocenters. The van der Waals surface area contributed by atoms with E-state index in [0.717, 1.165) is 0 Å². The number of nitrogens with two attached hydrogens (primary N) is 1. The highest BCUT2D eigenvalue weighted by molar-refractivity contribution is 5.95. The van der Waals surface area contributed by atoms with Gasteiger partial charge >= 0.3 is 5.97 Å². The fraction of sp³-hybridized carbons (Fsp3) is 0.700. The number of benzene rings is 1. The van der Waals surface area contributed by atoms with Crippen LogP contribution in [-0.4, -0.2) is 113 Å². The van der Waals surface area contributed by atoms with Crippen molar-refractivity contribution in [3.8, 4) is 5.75 Å². The molecule has 0 spiro atoms. The van der Waals surface area contributed by atoms with Crippen LogP contribution in [0.1, 0.15) is 92.6 Å². The third kappa shape index (κ3) is 11.5. The van der Waals surface area contributed by atoms with E-state index >= 15 is 0 Å². The summed E-state index contributed by atoms with van der Waals surface area (Å²) < 4.78 is 11.1. The fourth-order valence-corrected chi connectivity index (χ4v) is 7.21. The minimum Gasteiger partial charge on any atom is -0.497 e. The topological polar surface area (TPSA) is 198 Å². The second kappa shape index (κ2) is 20.0. The molecule has 2 aliphatic heterocycles. The van der Waals surface area contributed by atoms with E-state index in [9.17, 15) is 33.9 Å². The van der Waals surface area contributed by atoms with Crippen molar-refractivity contribution in [2.24, 2.45) is 29.4 Å². The van der Waals surface area contributed by atoms with Crippen LogP contribution >= 0.6 is 0 Å². The molecule has 4 amide bonds. The molecule has 302 valence electrons. The van der Waals surface area contributed by atoms with Gasteiger partial charge in [-0.05, 0) is 61.6 Å². The Kier molecular flexibility index (Phi) is 16.5. The number of ketones is 1. The van der Waals surface area contributed by atoms with Crippen LogP contribution in [0, 0.1) is 23.7 Å². The van der Waals surface area contributed by atoms with Crippen molar-refractivity contribution in [2.75, 3.05) is 20.7 Å². The summed E-state index contributed by atoms with van der Waals surface area (Å²) in [5, 5.41) is 17.0. The molecule has 0 saturated carbocycles. The van der Waals surface area contributed by atoms with Gasteiger partial charge in [0.25, 0.3) is 0 Å². The molecule has 0 bridgehead atoms. The number of rotatable bonds is 8. The highest BCUT2D eigenvalue weighted by Gasteiger charge is 2.43. The summed E-state index contributed by atoms with van der Waals surface area (Å²) >= 11 is 0. The van der Waals surface area contributed by atoms with Crippen LogP contribution in [0.25, 0.3) is 0 Å². The predicted molar refractivity (Wildman–Crippen MR) is 203 cm³/mol. The minimum absolute atomic E-state index is 0.00661. The van der Waals surface area contributed by atoms with Crippen molar-refractivity contribution in [1.29, 1.82) is 0 Å². The molecule has 14 nitrogen and oxygen atoms in total. The van der Waals surface area contributed by atoms with Crippen molar-refractivity contribution in [3.63, 3.8) is 0 Å². The lowest BCUT2D eigenvalue weighted by atomic mass is 9.85. The highest BCUT2D eigenvalue weighted by atomic mass is 16.5. The number of aliphatic hydroxyl groups excluding tert-OH is 1. The lowest BCUT2D eigenvalue weighted by molar-refractivity contribution is -0.161. The van der Waals surface area contributed by atoms with Crippen molar-refractivity contribution >= 4 is 35.4 Å². The maximum Gasteiger partial charge on any atom is 0.329 e. The zero-order valence-corrected chi connectivity index (χ0v) is 33.5. The van der Waals surface area contributed by atoms with E-state index < -0.39 is 77.9 Å². The molecule has 2 aliphatic rings. The molecule has 14 heteroatoms. The van der Waals surface area contributed by atoms with Crippen molar-refractivity contribution in [2.45, 2.75) is 136 Å². The standard InChI is InChI=1S/C40H63N5O9/c1-10-24(6)35-33(47)21-27(46)20-29(23(4)5)36(48)42-30(18-22(2)3)38(50)45-17-11-12-31(45)39(51)44(8)32(19-26-13-15-28(53-9)16-14-26)40(52)54-25(7)34(41)37(49)43-35/h13-16,22-25,29-35,47H,10-12,17-21,41H2,1-9H3,(H,42,48)(H,43,49)/t24-,25+,29-,30-,31-,32-,33-,34-,35+/m0/s1. The number of ether oxygens (including phenoxy) is 2. The Balaban J connectivity index is 2.09. The maximum absolute atomic E-state index is 14.3. The first-order valence-corrected chi connectivity index (χ1v) is 19.4. The number of likely N-dealkylation sites (N-methyl/N-ethyl adjacent to an activating group) is 1. The van der Waals surface area contributed by atoms with Gasteiger partial charge in [0.1, 0.15) is 41.8 Å². The zero-order chi connectivity index (χ0) is 40.4. The third-order valence-corrected chi connectivity index (χ3v) is 10.9. The SMILES string of the molecule is CC[C@H](C)[C@H]1NC(=O)[C@@H](N)[C@@H](C)OC(=O)[C@H](Cc2ccc(OC)cc2)N(C)C(=O)[C@@H]2CCCN2C(=O)[C@H](CC(C)C)NC(=O)[C@H](C(C)C)CC(=O)C[C@@H]1O. The molecular weight excluding hydrogens is 694 g/mol. The fourth-order valence-electron chi connectivity index (χ4n) is 7.21. The summed E-state index contributed by atoms with van der Waals surface area (Å²) in [4.78, 5) is 86.2. The molecule has 0 radical (unpaired) electrons. The first-order valence-electron chi connectivity index (χ1n) is 19.4. The third-order valence-electron chi connectivity index (χ3n) is 10.9. The molecule has 1 aromatic rings. The Labute approximate surface area is 320 Å². The number of aliphatic hydroxyl groups is 1. The number of amides is 4. The van der Waals surface area contributed by atoms with Crippen LogP contribution in [0.15, 0.2) is 24.3 Å². The number of hydrogen-bond acceptors (Lipinski definition) is 10. The van der Waals surface area contributed by atoms with Gasteiger partial charge in [-0.2, -0.15) is 0 Å². The minimum atomic E-state index is -1.35. The van der Waals surface area contributed by atoms with Gasteiger partial charge in [0.2, 0.25) is 23.6 Å². The molecule has 2 saturated heterocycles. The quantitative estimate of drug-likeness (QED) is 0.286. The van der Waals surface area contributed by atoms with Gasteiger partial charge in [0, 0.05) is 38.8 Å². The van der Waals surface area contributed by atoms with E-state index in [2.05, 4.69) is 10.6 Å². The number of carbonyl (C=O) groups excluding carboxylic acids is 6. The van der Waals surface area contributed by atoms with Crippen molar-refractivity contribution in [1.82, 2.24) is 20.4 Å². The summed E-state index contributed by atoms with van der Waals surface area (Å²) in [6, 6.07) is 1.78. The van der Waals surface area contributed by atoms with Crippen LogP contribution in [-0.2, 0) is 39.9 Å². The number of nitrogens with one attached hydrogen (secondary N) is 2. The van der Waals surface area contributed by atoms with Gasteiger partial charge < -0.3 is 40.7 Å². The average molecular weight is 758 g/mol. The van der Waals surface area contributed by atoms with E-state index in [4.69, 9.17) is 15.2 Å². The number of nitrogens with zero attached hydrogens (tertiary/aromatic N) is 2. The van der Waals surface area contributed by atoms with E-state index in [-0.39, 0.29) is 49.3 Å². The molecule has 2 fully saturated rings. The van der Waals surface area contributed by atoms with Gasteiger partial charge in [0.15, 0.2) is 0 Å². The van der Waals surface area contributed by atoms with E-state index in [1.54, 1.807) is 24.3 Å². The number of hydrogen-bond donors (Lipinski definition) is 4. The van der Waals surface area contributed by atoms with Crippen molar-refractivity contribution < 1.29 is 43.3 Å². The number of Topliss-reactive ketones (excluding diaryl/α,β-unsaturated/α-hetero) is 1. The molecule has 54 heavy (non-hydrogen) atoms. The summed E-state index contributed by atoms with van der Waals surface area (Å²) in [7, 11) is 3.02. The molecule has 2 heterocycles. The number of esters is 1. The number of methoxy groups -OCH3 is 1. The molecule has 3 rings (SSSR count). The Morgan fingerprint density at radius 3 is 2.19 bits per heavy atom. The summed E-state index contributed by atoms with van der Waals surface area (Å²) in [5.74, 6) is -3.93. The number of carbonyl (C=O) groups is 6. The van der Waals surface area contributed by atoms with E-state index in [1.165, 1.54) is 30.9 Å². The summed E-state index contributed by atoms with van der Waals surface area (Å²) in [6.07, 6.45) is -1.13. The van der Waals surface area contributed by atoms with Gasteiger partial charge in [-0.15, -0.1) is 0 Å². The Bertz CT molecular complexity index is 1470. The Morgan fingerprint density at radius 1 is 0.963 bits per heavy atom. The maximum atomic E-state index is 14.3. The number of cyclic esters (lactones) is 1. The Hall–Kier alpha value is -4.04. The highest BCUT2D eigenvalue weighted by Crippen LogP contribution is 2.26. The van der Waals surface area contributed by atoms with Gasteiger partial charge in [-0.3, -0.25) is 24.0 Å². The lowest BCUT2D eigenvalue weighted by Crippen LogP contribution is -2.58. The molecule has 0 unspecified atom stereocenters. The van der Waals surface area contributed by atoms with Gasteiger partial charge in [-0.25, -0.2) is 4.79 Å². The molecular formula is C40H63N5O9. The van der Waals surface area contributed by atoms with Crippen LogP contribution < -0.4 is 21.1 Å². The molecule has 0 aliphatic carbocycles. The van der Waals surface area contributed by atoms with Crippen molar-refractivity contribution in [3.05, 3.63) is 29.8 Å². The van der Waals surface area contributed by atoms with Gasteiger partial charge in [0.05, 0.1) is 19.3 Å². The first kappa shape index (κ1) is 44.4. The molecule has 1 aromatic carbocycles. The summed E-state index contributed by atoms with van der Waals surface area (Å²) in [6.45, 7) is 13.0. The van der Waals surface area contributed by atoms with Gasteiger partial charge in [-0.1, -0.05) is 60.1 Å². The summed E-state index contributed by atoms with van der Waals surface area (Å²) in [5.41, 5.74) is 7.04. The smallest absolute Gasteiger partial charge is 0.329 e. The zero-order valence-electron chi connectivity index (χ0n) is 33.5. The molecule has 0 aromatic heterocycles. The average Bonchev–Trinajstić information content (AvgIpc) is 3.62. The predicted octanol–water partition coefficient (Wildman–Crippen LogP) is 2.37. The van der Waals surface area contributed by atoms with Crippen LogP contribution in [0.4, 0.5) is 0 Å². The van der Waals surface area contributed by atoms with E-state index in [0.29, 0.717) is 37.0 Å². The molecule has 5 N–H and O–H groups in total. The van der Waals surface area contributed by atoms with E-state index in [1.807, 2.05) is 41.5 Å². The first-order chi connectivity index (χ1) is 25.4. The monoisotopic (exact) mass is 757 g/mol. The normalized spacial score (nSPS) is 29.4. The van der Waals surface area contributed by atoms with Crippen LogP contribution in [0.3, 0.4) is 0 Å². The largest absolute Gasteiger partial charge is 0.497 e. The second-order valence-electron chi connectivity index (χ2n) is 15.8. The number of fused-ring (bicyclic) bond motifs is 1. The Morgan fingerprint density at radius 2 is 1.61 bits per heavy atom. The lowest BCUT2D eigenvalue weighted by Gasteiger charge is -2.35. The van der Waals surface area contributed by atoms with Crippen LogP contribution in [0.2, 0.25) is 0 Å². The second-order valence-corrected chi connectivity index (χ2v) is 15.8.